The lowest BCUT2D eigenvalue weighted by molar-refractivity contribution is -0.119. The van der Waals surface area contributed by atoms with Crippen molar-refractivity contribution in [2.45, 2.75) is 32.2 Å². The Labute approximate surface area is 187 Å². The van der Waals surface area contributed by atoms with Crippen LogP contribution in [0.2, 0.25) is 0 Å². The van der Waals surface area contributed by atoms with Crippen molar-refractivity contribution < 1.29 is 9.59 Å². The number of rotatable bonds is 8. The fourth-order valence-corrected chi connectivity index (χ4v) is 4.14. The number of anilines is 1. The number of para-hydroxylation sites is 1. The highest BCUT2D eigenvalue weighted by Gasteiger charge is 2.23. The van der Waals surface area contributed by atoms with Gasteiger partial charge in [-0.1, -0.05) is 60.7 Å². The first-order chi connectivity index (χ1) is 15.5. The zero-order valence-electron chi connectivity index (χ0n) is 18.1. The van der Waals surface area contributed by atoms with Crippen molar-refractivity contribution in [2.24, 2.45) is 5.73 Å². The first-order valence-electron chi connectivity index (χ1n) is 10.8. The number of aromatic nitrogens is 1. The summed E-state index contributed by atoms with van der Waals surface area (Å²) in [7, 11) is 0. The fraction of sp³-hybridized carbons (Fsp3) is 0.185. The van der Waals surface area contributed by atoms with Gasteiger partial charge in [0.1, 0.15) is 6.04 Å². The molecule has 162 valence electrons. The monoisotopic (exact) mass is 425 g/mol. The van der Waals surface area contributed by atoms with Gasteiger partial charge in [-0.2, -0.15) is 0 Å². The molecule has 4 rings (SSSR count). The van der Waals surface area contributed by atoms with Crippen molar-refractivity contribution >= 4 is 28.4 Å². The molecule has 3 aromatic carbocycles. The molecule has 3 N–H and O–H groups in total. The zero-order chi connectivity index (χ0) is 22.5. The Morgan fingerprint density at radius 2 is 1.69 bits per heavy atom. The second-order valence-electron chi connectivity index (χ2n) is 8.06. The van der Waals surface area contributed by atoms with Gasteiger partial charge in [0.05, 0.1) is 6.42 Å². The van der Waals surface area contributed by atoms with Crippen molar-refractivity contribution in [1.82, 2.24) is 4.57 Å². The van der Waals surface area contributed by atoms with E-state index in [-0.39, 0.29) is 18.2 Å². The number of amides is 2. The summed E-state index contributed by atoms with van der Waals surface area (Å²) in [4.78, 5) is 25.0. The maximum absolute atomic E-state index is 13.5. The Balaban J connectivity index is 1.69. The molecule has 0 bridgehead atoms. The van der Waals surface area contributed by atoms with E-state index in [4.69, 9.17) is 5.73 Å². The van der Waals surface area contributed by atoms with Crippen LogP contribution in [-0.2, 0) is 22.4 Å². The van der Waals surface area contributed by atoms with Crippen molar-refractivity contribution in [3.63, 3.8) is 0 Å². The third-order valence-corrected chi connectivity index (χ3v) is 5.81. The van der Waals surface area contributed by atoms with Gasteiger partial charge in [-0.05, 0) is 54.7 Å². The Hall–Kier alpha value is -3.86. The molecule has 0 aliphatic carbocycles. The summed E-state index contributed by atoms with van der Waals surface area (Å²) < 4.78 is 2.01. The van der Waals surface area contributed by atoms with Crippen LogP contribution in [0.3, 0.4) is 0 Å². The number of benzene rings is 3. The van der Waals surface area contributed by atoms with E-state index < -0.39 is 6.04 Å². The van der Waals surface area contributed by atoms with Crippen LogP contribution in [-0.4, -0.2) is 16.4 Å². The fourth-order valence-electron chi connectivity index (χ4n) is 4.14. The number of primary amides is 1. The van der Waals surface area contributed by atoms with E-state index in [1.54, 1.807) is 0 Å². The van der Waals surface area contributed by atoms with E-state index in [0.29, 0.717) is 6.42 Å². The predicted molar refractivity (Wildman–Crippen MR) is 128 cm³/mol. The molecular formula is C27H27N3O2. The van der Waals surface area contributed by atoms with Crippen LogP contribution < -0.4 is 11.1 Å². The Bertz CT molecular complexity index is 1240. The molecule has 0 saturated heterocycles. The Kier molecular flexibility index (Phi) is 6.36. The van der Waals surface area contributed by atoms with E-state index in [1.165, 1.54) is 5.56 Å². The molecule has 5 heteroatoms. The number of nitrogens with two attached hydrogens (primary N) is 1. The molecule has 1 atom stereocenters. The van der Waals surface area contributed by atoms with Crippen LogP contribution in [0.25, 0.3) is 10.9 Å². The minimum absolute atomic E-state index is 0.0620. The Morgan fingerprint density at radius 3 is 2.44 bits per heavy atom. The topological polar surface area (TPSA) is 77.1 Å². The molecule has 1 aromatic heterocycles. The molecule has 5 nitrogen and oxygen atoms in total. The highest BCUT2D eigenvalue weighted by molar-refractivity contribution is 5.96. The van der Waals surface area contributed by atoms with Crippen LogP contribution >= 0.6 is 0 Å². The van der Waals surface area contributed by atoms with Crippen molar-refractivity contribution in [2.75, 3.05) is 5.32 Å². The van der Waals surface area contributed by atoms with Crippen LogP contribution in [0.1, 0.15) is 29.2 Å². The van der Waals surface area contributed by atoms with Crippen LogP contribution in [0, 0.1) is 6.92 Å². The third-order valence-electron chi connectivity index (χ3n) is 5.81. The molecule has 2 amide bonds. The molecule has 4 aromatic rings. The third kappa shape index (κ3) is 4.72. The van der Waals surface area contributed by atoms with Crippen molar-refractivity contribution in [3.8, 4) is 0 Å². The second kappa shape index (κ2) is 9.52. The number of aryl methyl sites for hydroxylation is 2. The normalized spacial score (nSPS) is 11.9. The molecule has 0 fully saturated rings. The van der Waals surface area contributed by atoms with E-state index >= 15 is 0 Å². The van der Waals surface area contributed by atoms with Gasteiger partial charge in [0.2, 0.25) is 11.8 Å². The summed E-state index contributed by atoms with van der Waals surface area (Å²) in [6.07, 6.45) is 3.52. The minimum atomic E-state index is -0.406. The predicted octanol–water partition coefficient (Wildman–Crippen LogP) is 4.79. The SMILES string of the molecule is Cc1ccccc1NC(=O)C(CCc1ccccc1)n1ccc2c(CC(N)=O)cccc21. The molecule has 0 spiro atoms. The van der Waals surface area contributed by atoms with Crippen molar-refractivity contribution in [1.29, 1.82) is 0 Å². The van der Waals surface area contributed by atoms with Gasteiger partial charge in [0.15, 0.2) is 0 Å². The average Bonchev–Trinajstić information content (AvgIpc) is 3.21. The standard InChI is InChI=1S/C27H27N3O2/c1-19-8-5-6-12-23(19)29-27(32)25(15-14-20-9-3-2-4-10-20)30-17-16-22-21(18-26(28)31)11-7-13-24(22)30/h2-13,16-17,25H,14-15,18H2,1H3,(H2,28,31)(H,29,32). The summed E-state index contributed by atoms with van der Waals surface area (Å²) in [6, 6.07) is 25.3. The lowest BCUT2D eigenvalue weighted by atomic mass is 10.0. The van der Waals surface area contributed by atoms with E-state index in [1.807, 2.05) is 84.4 Å². The van der Waals surface area contributed by atoms with Crippen LogP contribution in [0.5, 0.6) is 0 Å². The largest absolute Gasteiger partial charge is 0.369 e. The Morgan fingerprint density at radius 1 is 0.938 bits per heavy atom. The number of hydrogen-bond acceptors (Lipinski definition) is 2. The number of hydrogen-bond donors (Lipinski definition) is 2. The molecule has 0 saturated carbocycles. The van der Waals surface area contributed by atoms with Gasteiger partial charge >= 0.3 is 0 Å². The second-order valence-corrected chi connectivity index (χ2v) is 8.06. The lowest BCUT2D eigenvalue weighted by Crippen LogP contribution is -2.26. The van der Waals surface area contributed by atoms with Gasteiger partial charge in [-0.25, -0.2) is 0 Å². The molecule has 1 unspecified atom stereocenters. The van der Waals surface area contributed by atoms with Crippen LogP contribution in [0.4, 0.5) is 5.69 Å². The number of carbonyl (C=O) groups excluding carboxylic acids is 2. The molecule has 0 aliphatic rings. The molecular weight excluding hydrogens is 398 g/mol. The van der Waals surface area contributed by atoms with Gasteiger partial charge in [0, 0.05) is 22.8 Å². The minimum Gasteiger partial charge on any atom is -0.369 e. The smallest absolute Gasteiger partial charge is 0.247 e. The molecule has 0 radical (unpaired) electrons. The van der Waals surface area contributed by atoms with E-state index in [2.05, 4.69) is 17.4 Å². The summed E-state index contributed by atoms with van der Waals surface area (Å²) in [6.45, 7) is 1.98. The highest BCUT2D eigenvalue weighted by atomic mass is 16.2. The van der Waals surface area contributed by atoms with E-state index in [9.17, 15) is 9.59 Å². The summed E-state index contributed by atoms with van der Waals surface area (Å²) in [5.41, 5.74) is 10.2. The average molecular weight is 426 g/mol. The zero-order valence-corrected chi connectivity index (χ0v) is 18.1. The maximum Gasteiger partial charge on any atom is 0.247 e. The van der Waals surface area contributed by atoms with Crippen LogP contribution in [0.15, 0.2) is 85.1 Å². The maximum atomic E-state index is 13.5. The molecule has 1 heterocycles. The summed E-state index contributed by atoms with van der Waals surface area (Å²) >= 11 is 0. The summed E-state index contributed by atoms with van der Waals surface area (Å²) in [5.74, 6) is -0.434. The molecule has 32 heavy (non-hydrogen) atoms. The van der Waals surface area contributed by atoms with Crippen molar-refractivity contribution in [3.05, 3.63) is 102 Å². The highest BCUT2D eigenvalue weighted by Crippen LogP contribution is 2.28. The lowest BCUT2D eigenvalue weighted by Gasteiger charge is -2.21. The van der Waals surface area contributed by atoms with Gasteiger partial charge in [-0.3, -0.25) is 9.59 Å². The van der Waals surface area contributed by atoms with Gasteiger partial charge < -0.3 is 15.6 Å². The first kappa shape index (κ1) is 21.4. The molecule has 0 aliphatic heterocycles. The van der Waals surface area contributed by atoms with E-state index in [0.717, 1.165) is 34.1 Å². The number of nitrogens with zero attached hydrogens (tertiary/aromatic N) is 1. The number of nitrogens with one attached hydrogen (secondary N) is 1. The number of fused-ring (bicyclic) bond motifs is 1. The number of carbonyl (C=O) groups is 2. The quantitative estimate of drug-likeness (QED) is 0.426. The first-order valence-corrected chi connectivity index (χ1v) is 10.8. The van der Waals surface area contributed by atoms with Gasteiger partial charge in [-0.15, -0.1) is 0 Å². The summed E-state index contributed by atoms with van der Waals surface area (Å²) in [5, 5.41) is 4.06. The van der Waals surface area contributed by atoms with Gasteiger partial charge in [0.25, 0.3) is 0 Å².